The Morgan fingerprint density at radius 3 is 2.09 bits per heavy atom. The van der Waals surface area contributed by atoms with Gasteiger partial charge in [-0.2, -0.15) is 0 Å². The fourth-order valence-electron chi connectivity index (χ4n) is 2.24. The molecule has 0 saturated carbocycles. The van der Waals surface area contributed by atoms with Crippen molar-refractivity contribution in [3.05, 3.63) is 33.9 Å². The second-order valence-corrected chi connectivity index (χ2v) is 6.86. The van der Waals surface area contributed by atoms with Gasteiger partial charge in [0.15, 0.2) is 0 Å². The van der Waals surface area contributed by atoms with Crippen LogP contribution in [0.15, 0.2) is 18.2 Å². The molecule has 0 radical (unpaired) electrons. The van der Waals surface area contributed by atoms with Crippen LogP contribution in [0.1, 0.15) is 38.1 Å². The molecule has 0 N–H and O–H groups in total. The SMILES string of the molecule is CN(C)C(=O)c1cc(B2OC(C)(C)C(C)(C)O2)cc([N+](=O)[O-])c1. The van der Waals surface area contributed by atoms with E-state index in [2.05, 4.69) is 0 Å². The summed E-state index contributed by atoms with van der Waals surface area (Å²) in [6.07, 6.45) is 0. The van der Waals surface area contributed by atoms with Gasteiger partial charge >= 0.3 is 7.12 Å². The summed E-state index contributed by atoms with van der Waals surface area (Å²) in [6.45, 7) is 7.60. The molecule has 1 aliphatic rings. The standard InChI is InChI=1S/C15H21BN2O5/c1-14(2)15(3,4)23-16(22-14)11-7-10(13(19)17(5)6)8-12(9-11)18(20)21/h7-9H,1-6H3. The summed E-state index contributed by atoms with van der Waals surface area (Å²) in [5.74, 6) is -0.313. The summed E-state index contributed by atoms with van der Waals surface area (Å²) in [7, 11) is 2.43. The van der Waals surface area contributed by atoms with Crippen LogP contribution in [0.4, 0.5) is 5.69 Å². The summed E-state index contributed by atoms with van der Waals surface area (Å²) < 4.78 is 11.8. The van der Waals surface area contributed by atoms with E-state index in [1.54, 1.807) is 20.2 Å². The number of nitro groups is 1. The molecule has 2 rings (SSSR count). The van der Waals surface area contributed by atoms with E-state index in [9.17, 15) is 14.9 Å². The van der Waals surface area contributed by atoms with Crippen LogP contribution < -0.4 is 5.46 Å². The number of non-ortho nitro benzene ring substituents is 1. The number of rotatable bonds is 3. The van der Waals surface area contributed by atoms with E-state index in [4.69, 9.17) is 9.31 Å². The summed E-state index contributed by atoms with van der Waals surface area (Å²) in [5.41, 5.74) is -0.596. The van der Waals surface area contributed by atoms with Gasteiger partial charge in [0, 0.05) is 31.8 Å². The molecule has 0 aliphatic carbocycles. The summed E-state index contributed by atoms with van der Waals surface area (Å²) >= 11 is 0. The molecular weight excluding hydrogens is 299 g/mol. The average Bonchev–Trinajstić information content (AvgIpc) is 2.66. The third-order valence-electron chi connectivity index (χ3n) is 4.33. The first-order valence-corrected chi connectivity index (χ1v) is 7.31. The summed E-state index contributed by atoms with van der Waals surface area (Å²) in [4.78, 5) is 24.2. The van der Waals surface area contributed by atoms with E-state index in [1.165, 1.54) is 17.0 Å². The van der Waals surface area contributed by atoms with E-state index in [0.717, 1.165) is 0 Å². The highest BCUT2D eigenvalue weighted by atomic mass is 16.7. The molecule has 1 heterocycles. The minimum absolute atomic E-state index is 0.164. The van der Waals surface area contributed by atoms with Crippen LogP contribution in [0.25, 0.3) is 0 Å². The molecule has 0 bridgehead atoms. The number of benzene rings is 1. The fourth-order valence-corrected chi connectivity index (χ4v) is 2.24. The molecule has 7 nitrogen and oxygen atoms in total. The number of carbonyl (C=O) groups is 1. The fraction of sp³-hybridized carbons (Fsp3) is 0.533. The predicted octanol–water partition coefficient (Wildman–Crippen LogP) is 1.60. The highest BCUT2D eigenvalue weighted by molar-refractivity contribution is 6.62. The zero-order valence-corrected chi connectivity index (χ0v) is 14.2. The Hall–Kier alpha value is -1.93. The number of carbonyl (C=O) groups excluding carboxylic acids is 1. The third-order valence-corrected chi connectivity index (χ3v) is 4.33. The second-order valence-electron chi connectivity index (χ2n) is 6.86. The molecule has 1 saturated heterocycles. The van der Waals surface area contributed by atoms with E-state index in [-0.39, 0.29) is 17.2 Å². The van der Waals surface area contributed by atoms with Crippen LogP contribution in [-0.4, -0.2) is 48.1 Å². The van der Waals surface area contributed by atoms with Crippen molar-refractivity contribution in [2.24, 2.45) is 0 Å². The van der Waals surface area contributed by atoms with Crippen LogP contribution >= 0.6 is 0 Å². The predicted molar refractivity (Wildman–Crippen MR) is 86.8 cm³/mol. The maximum Gasteiger partial charge on any atom is 0.495 e. The van der Waals surface area contributed by atoms with E-state index in [1.807, 2.05) is 27.7 Å². The van der Waals surface area contributed by atoms with E-state index >= 15 is 0 Å². The van der Waals surface area contributed by atoms with Crippen LogP contribution in [0.3, 0.4) is 0 Å². The molecule has 124 valence electrons. The van der Waals surface area contributed by atoms with Crippen molar-refractivity contribution < 1.29 is 19.0 Å². The Balaban J connectivity index is 2.47. The van der Waals surface area contributed by atoms with Gasteiger partial charge < -0.3 is 14.2 Å². The lowest BCUT2D eigenvalue weighted by Gasteiger charge is -2.32. The van der Waals surface area contributed by atoms with Crippen LogP contribution in [0.2, 0.25) is 0 Å². The quantitative estimate of drug-likeness (QED) is 0.480. The van der Waals surface area contributed by atoms with Crippen molar-refractivity contribution in [2.45, 2.75) is 38.9 Å². The van der Waals surface area contributed by atoms with Gasteiger partial charge in [0.25, 0.3) is 11.6 Å². The lowest BCUT2D eigenvalue weighted by Crippen LogP contribution is -2.41. The molecule has 23 heavy (non-hydrogen) atoms. The van der Waals surface area contributed by atoms with E-state index < -0.39 is 23.2 Å². The Kier molecular flexibility index (Phi) is 4.25. The Morgan fingerprint density at radius 1 is 1.13 bits per heavy atom. The lowest BCUT2D eigenvalue weighted by atomic mass is 9.78. The molecule has 1 aromatic carbocycles. The molecule has 8 heteroatoms. The second kappa shape index (κ2) is 5.61. The summed E-state index contributed by atoms with van der Waals surface area (Å²) in [5, 5.41) is 11.2. The molecule has 0 aromatic heterocycles. The first-order chi connectivity index (χ1) is 10.4. The lowest BCUT2D eigenvalue weighted by molar-refractivity contribution is -0.384. The normalized spacial score (nSPS) is 18.8. The van der Waals surface area contributed by atoms with Gasteiger partial charge in [-0.3, -0.25) is 14.9 Å². The van der Waals surface area contributed by atoms with Crippen molar-refractivity contribution >= 4 is 24.2 Å². The molecule has 1 fully saturated rings. The molecule has 1 aliphatic heterocycles. The molecular formula is C15H21BN2O5. The van der Waals surface area contributed by atoms with Crippen molar-refractivity contribution in [3.63, 3.8) is 0 Å². The smallest absolute Gasteiger partial charge is 0.399 e. The highest BCUT2D eigenvalue weighted by Gasteiger charge is 2.52. The minimum Gasteiger partial charge on any atom is -0.399 e. The molecule has 0 unspecified atom stereocenters. The maximum atomic E-state index is 12.2. The first-order valence-electron chi connectivity index (χ1n) is 7.31. The molecule has 1 amide bonds. The van der Waals surface area contributed by atoms with Gasteiger partial charge in [0.1, 0.15) is 0 Å². The van der Waals surface area contributed by atoms with E-state index in [0.29, 0.717) is 5.46 Å². The Bertz CT molecular complexity index is 641. The first kappa shape index (κ1) is 17.4. The van der Waals surface area contributed by atoms with Crippen molar-refractivity contribution in [1.82, 2.24) is 4.90 Å². The van der Waals surface area contributed by atoms with Crippen molar-refractivity contribution in [3.8, 4) is 0 Å². The highest BCUT2D eigenvalue weighted by Crippen LogP contribution is 2.36. The van der Waals surface area contributed by atoms with Crippen LogP contribution in [0.5, 0.6) is 0 Å². The Labute approximate surface area is 135 Å². The number of nitro benzene ring substituents is 1. The number of nitrogens with zero attached hydrogens (tertiary/aromatic N) is 2. The van der Waals surface area contributed by atoms with Gasteiger partial charge in [-0.1, -0.05) is 0 Å². The minimum atomic E-state index is -0.756. The molecule has 1 aromatic rings. The monoisotopic (exact) mass is 320 g/mol. The van der Waals surface area contributed by atoms with Gasteiger partial charge in [-0.25, -0.2) is 0 Å². The van der Waals surface area contributed by atoms with Gasteiger partial charge in [0.05, 0.1) is 16.1 Å². The Morgan fingerprint density at radius 2 is 1.65 bits per heavy atom. The average molecular weight is 320 g/mol. The summed E-state index contributed by atoms with van der Waals surface area (Å²) in [6, 6.07) is 4.23. The molecule has 0 atom stereocenters. The van der Waals surface area contributed by atoms with Crippen LogP contribution in [-0.2, 0) is 9.31 Å². The maximum absolute atomic E-state index is 12.2. The number of hydrogen-bond donors (Lipinski definition) is 0. The third kappa shape index (κ3) is 3.23. The zero-order chi connectivity index (χ0) is 17.6. The zero-order valence-electron chi connectivity index (χ0n) is 14.2. The van der Waals surface area contributed by atoms with Crippen LogP contribution in [0, 0.1) is 10.1 Å². The van der Waals surface area contributed by atoms with Gasteiger partial charge in [-0.15, -0.1) is 0 Å². The van der Waals surface area contributed by atoms with Crippen molar-refractivity contribution in [1.29, 1.82) is 0 Å². The number of amides is 1. The van der Waals surface area contributed by atoms with Crippen molar-refractivity contribution in [2.75, 3.05) is 14.1 Å². The number of hydrogen-bond acceptors (Lipinski definition) is 5. The van der Waals surface area contributed by atoms with Gasteiger partial charge in [0.2, 0.25) is 0 Å². The topological polar surface area (TPSA) is 81.9 Å². The largest absolute Gasteiger partial charge is 0.495 e. The molecule has 0 spiro atoms. The van der Waals surface area contributed by atoms with Gasteiger partial charge in [-0.05, 0) is 39.2 Å².